The van der Waals surface area contributed by atoms with Gasteiger partial charge in [-0.25, -0.2) is 13.2 Å². The number of rotatable bonds is 3. The zero-order chi connectivity index (χ0) is 12.6. The lowest BCUT2D eigenvalue weighted by atomic mass is 10.2. The number of hydrogen-bond donors (Lipinski definition) is 1. The van der Waals surface area contributed by atoms with E-state index in [-0.39, 0.29) is 28.1 Å². The monoisotopic (exact) mass is 320 g/mol. The zero-order valence-electron chi connectivity index (χ0n) is 8.59. The third kappa shape index (κ3) is 2.22. The molecule has 0 unspecified atom stereocenters. The highest BCUT2D eigenvalue weighted by atomic mass is 79.9. The number of hydrogen-bond acceptors (Lipinski definition) is 4. The van der Waals surface area contributed by atoms with Gasteiger partial charge in [-0.05, 0) is 34.1 Å². The summed E-state index contributed by atoms with van der Waals surface area (Å²) in [6.45, 7) is 0.380. The fourth-order valence-corrected chi connectivity index (χ4v) is 3.99. The molecule has 1 heterocycles. The summed E-state index contributed by atoms with van der Waals surface area (Å²) in [5, 5.41) is 8.25. The molecule has 1 aromatic rings. The Morgan fingerprint density at radius 3 is 2.47 bits per heavy atom. The van der Waals surface area contributed by atoms with E-state index < -0.39 is 21.1 Å². The number of ether oxygens (including phenoxy) is 1. The van der Waals surface area contributed by atoms with Gasteiger partial charge in [0.05, 0.1) is 23.7 Å². The Kier molecular flexibility index (Phi) is 3.24. The van der Waals surface area contributed by atoms with Crippen molar-refractivity contribution in [1.29, 1.82) is 0 Å². The van der Waals surface area contributed by atoms with Crippen molar-refractivity contribution in [2.45, 2.75) is 10.1 Å². The van der Waals surface area contributed by atoms with Gasteiger partial charge in [0.2, 0.25) is 0 Å². The van der Waals surface area contributed by atoms with E-state index in [0.717, 1.165) is 0 Å². The Balaban J connectivity index is 2.43. The van der Waals surface area contributed by atoms with Gasteiger partial charge >= 0.3 is 5.97 Å². The molecule has 1 aliphatic rings. The SMILES string of the molecule is O=C(O)c1ccc(S(=O)(=O)C2COC2)c(Br)c1. The van der Waals surface area contributed by atoms with Crippen LogP contribution in [-0.4, -0.2) is 38.0 Å². The molecule has 1 aromatic carbocycles. The summed E-state index contributed by atoms with van der Waals surface area (Å²) in [4.78, 5) is 10.8. The van der Waals surface area contributed by atoms with Gasteiger partial charge in [0, 0.05) is 4.47 Å². The van der Waals surface area contributed by atoms with Crippen LogP contribution in [0.5, 0.6) is 0 Å². The van der Waals surface area contributed by atoms with Crippen LogP contribution in [0.4, 0.5) is 0 Å². The minimum atomic E-state index is -3.44. The van der Waals surface area contributed by atoms with Crippen LogP contribution < -0.4 is 0 Å². The van der Waals surface area contributed by atoms with Crippen LogP contribution >= 0.6 is 15.9 Å². The lowest BCUT2D eigenvalue weighted by molar-refractivity contribution is 0.0415. The minimum absolute atomic E-state index is 0.0423. The van der Waals surface area contributed by atoms with Crippen molar-refractivity contribution in [3.63, 3.8) is 0 Å². The van der Waals surface area contributed by atoms with Gasteiger partial charge in [-0.3, -0.25) is 0 Å². The van der Waals surface area contributed by atoms with E-state index in [4.69, 9.17) is 9.84 Å². The number of sulfone groups is 1. The fourth-order valence-electron chi connectivity index (χ4n) is 1.44. The maximum Gasteiger partial charge on any atom is 0.335 e. The van der Waals surface area contributed by atoms with E-state index in [0.29, 0.717) is 0 Å². The maximum atomic E-state index is 12.1. The van der Waals surface area contributed by atoms with Crippen molar-refractivity contribution < 1.29 is 23.1 Å². The molecule has 92 valence electrons. The number of benzene rings is 1. The van der Waals surface area contributed by atoms with Gasteiger partial charge < -0.3 is 9.84 Å². The van der Waals surface area contributed by atoms with E-state index in [1.165, 1.54) is 18.2 Å². The molecule has 2 rings (SSSR count). The molecule has 0 bridgehead atoms. The lowest BCUT2D eigenvalue weighted by Gasteiger charge is -2.26. The van der Waals surface area contributed by atoms with Gasteiger partial charge in [0.1, 0.15) is 5.25 Å². The van der Waals surface area contributed by atoms with Crippen LogP contribution in [0.1, 0.15) is 10.4 Å². The van der Waals surface area contributed by atoms with Crippen LogP contribution in [0, 0.1) is 0 Å². The molecule has 0 amide bonds. The quantitative estimate of drug-likeness (QED) is 0.908. The summed E-state index contributed by atoms with van der Waals surface area (Å²) < 4.78 is 29.2. The van der Waals surface area contributed by atoms with Crippen molar-refractivity contribution in [1.82, 2.24) is 0 Å². The van der Waals surface area contributed by atoms with Crippen molar-refractivity contribution in [2.75, 3.05) is 13.2 Å². The summed E-state index contributed by atoms with van der Waals surface area (Å²) in [5.41, 5.74) is 0.0423. The fraction of sp³-hybridized carbons (Fsp3) is 0.300. The average Bonchev–Trinajstić information content (AvgIpc) is 2.13. The van der Waals surface area contributed by atoms with E-state index >= 15 is 0 Å². The smallest absolute Gasteiger partial charge is 0.335 e. The number of carboxylic acids is 1. The van der Waals surface area contributed by atoms with E-state index in [2.05, 4.69) is 15.9 Å². The second-order valence-electron chi connectivity index (χ2n) is 3.65. The molecule has 0 aromatic heterocycles. The Labute approximate surface area is 106 Å². The Hall–Kier alpha value is -0.920. The maximum absolute atomic E-state index is 12.1. The molecule has 17 heavy (non-hydrogen) atoms. The Bertz CT molecular complexity index is 562. The number of carbonyl (C=O) groups is 1. The standard InChI is InChI=1S/C10H9BrO5S/c11-8-3-6(10(12)13)1-2-9(8)17(14,15)7-4-16-5-7/h1-3,7H,4-5H2,(H,12,13). The third-order valence-corrected chi connectivity index (χ3v) is 5.57. The first-order chi connectivity index (χ1) is 7.93. The summed E-state index contributed by atoms with van der Waals surface area (Å²) in [5.74, 6) is -1.10. The van der Waals surface area contributed by atoms with Crippen LogP contribution in [0.3, 0.4) is 0 Å². The third-order valence-electron chi connectivity index (χ3n) is 2.53. The van der Waals surface area contributed by atoms with Gasteiger partial charge in [0.15, 0.2) is 9.84 Å². The summed E-state index contributed by atoms with van der Waals surface area (Å²) in [6.07, 6.45) is 0. The first-order valence-corrected chi connectivity index (χ1v) is 7.11. The molecule has 1 N–H and O–H groups in total. The van der Waals surface area contributed by atoms with Crippen LogP contribution in [0.2, 0.25) is 0 Å². The minimum Gasteiger partial charge on any atom is -0.478 e. The van der Waals surface area contributed by atoms with Gasteiger partial charge in [-0.15, -0.1) is 0 Å². The molecule has 5 nitrogen and oxygen atoms in total. The summed E-state index contributed by atoms with van der Waals surface area (Å²) >= 11 is 3.09. The van der Waals surface area contributed by atoms with Gasteiger partial charge in [0.25, 0.3) is 0 Å². The topological polar surface area (TPSA) is 80.7 Å². The predicted molar refractivity (Wildman–Crippen MR) is 62.9 cm³/mol. The van der Waals surface area contributed by atoms with E-state index in [9.17, 15) is 13.2 Å². The first-order valence-electron chi connectivity index (χ1n) is 4.77. The second kappa shape index (κ2) is 4.40. The van der Waals surface area contributed by atoms with E-state index in [1.807, 2.05) is 0 Å². The average molecular weight is 321 g/mol. The first kappa shape index (κ1) is 12.5. The highest BCUT2D eigenvalue weighted by Crippen LogP contribution is 2.28. The molecule has 0 aliphatic carbocycles. The largest absolute Gasteiger partial charge is 0.478 e. The second-order valence-corrected chi connectivity index (χ2v) is 6.71. The number of halogens is 1. The summed E-state index contributed by atoms with van der Waals surface area (Å²) in [7, 11) is -3.44. The number of aromatic carboxylic acids is 1. The molecular formula is C10H9BrO5S. The Morgan fingerprint density at radius 2 is 2.06 bits per heavy atom. The lowest BCUT2D eigenvalue weighted by Crippen LogP contribution is -2.40. The molecular weight excluding hydrogens is 312 g/mol. The molecule has 0 radical (unpaired) electrons. The molecule has 0 atom stereocenters. The predicted octanol–water partition coefficient (Wildman–Crippen LogP) is 1.32. The molecule has 0 spiro atoms. The van der Waals surface area contributed by atoms with Crippen LogP contribution in [0.15, 0.2) is 27.6 Å². The summed E-state index contributed by atoms with van der Waals surface area (Å²) in [6, 6.07) is 3.87. The van der Waals surface area contributed by atoms with Gasteiger partial charge in [-0.2, -0.15) is 0 Å². The normalized spacial score (nSPS) is 16.5. The van der Waals surface area contributed by atoms with Crippen molar-refractivity contribution >= 4 is 31.7 Å². The molecule has 1 fully saturated rings. The van der Waals surface area contributed by atoms with Crippen molar-refractivity contribution in [3.05, 3.63) is 28.2 Å². The Morgan fingerprint density at radius 1 is 1.41 bits per heavy atom. The van der Waals surface area contributed by atoms with Crippen molar-refractivity contribution in [2.24, 2.45) is 0 Å². The zero-order valence-corrected chi connectivity index (χ0v) is 11.0. The number of carboxylic acid groups (broad SMARTS) is 1. The molecule has 0 saturated carbocycles. The van der Waals surface area contributed by atoms with Gasteiger partial charge in [-0.1, -0.05) is 0 Å². The van der Waals surface area contributed by atoms with Crippen molar-refractivity contribution in [3.8, 4) is 0 Å². The van der Waals surface area contributed by atoms with E-state index in [1.54, 1.807) is 0 Å². The molecule has 7 heteroatoms. The molecule has 1 aliphatic heterocycles. The molecule has 1 saturated heterocycles. The highest BCUT2D eigenvalue weighted by Gasteiger charge is 2.35. The van der Waals surface area contributed by atoms with Crippen LogP contribution in [0.25, 0.3) is 0 Å². The van der Waals surface area contributed by atoms with Crippen LogP contribution in [-0.2, 0) is 14.6 Å². The highest BCUT2D eigenvalue weighted by molar-refractivity contribution is 9.10.